The maximum atomic E-state index is 13.1. The van der Waals surface area contributed by atoms with Gasteiger partial charge in [-0.1, -0.05) is 13.0 Å². The molecular formula is C13H11FO2. The van der Waals surface area contributed by atoms with Crippen LogP contribution in [0.25, 0.3) is 10.8 Å². The van der Waals surface area contributed by atoms with E-state index in [1.54, 1.807) is 18.2 Å². The van der Waals surface area contributed by atoms with E-state index in [0.717, 1.165) is 16.3 Å². The number of rotatable bonds is 2. The Hall–Kier alpha value is -1.90. The van der Waals surface area contributed by atoms with Crippen LogP contribution < -0.4 is 0 Å². The van der Waals surface area contributed by atoms with Crippen LogP contribution in [0.4, 0.5) is 4.39 Å². The van der Waals surface area contributed by atoms with Crippen molar-refractivity contribution in [1.82, 2.24) is 0 Å². The fraction of sp³-hybridized carbons (Fsp3) is 0.154. The standard InChI is InChI=1S/C13H11FO2/c1-2-8-5-10(13(15)16)6-9-3-4-11(14)7-12(8)9/h3-7H,2H2,1H3,(H,15,16). The quantitative estimate of drug-likeness (QED) is 0.840. The van der Waals surface area contributed by atoms with Crippen molar-refractivity contribution in [2.75, 3.05) is 0 Å². The Morgan fingerprint density at radius 3 is 2.69 bits per heavy atom. The van der Waals surface area contributed by atoms with Crippen LogP contribution in [0.3, 0.4) is 0 Å². The Morgan fingerprint density at radius 1 is 1.31 bits per heavy atom. The molecule has 0 amide bonds. The van der Waals surface area contributed by atoms with Crippen LogP contribution in [0.1, 0.15) is 22.8 Å². The highest BCUT2D eigenvalue weighted by Gasteiger charge is 2.08. The van der Waals surface area contributed by atoms with Gasteiger partial charge in [0.05, 0.1) is 5.56 Å². The van der Waals surface area contributed by atoms with Crippen molar-refractivity contribution >= 4 is 16.7 Å². The van der Waals surface area contributed by atoms with Gasteiger partial charge < -0.3 is 5.11 Å². The molecule has 1 N–H and O–H groups in total. The topological polar surface area (TPSA) is 37.3 Å². The van der Waals surface area contributed by atoms with E-state index in [-0.39, 0.29) is 11.4 Å². The second-order valence-corrected chi connectivity index (χ2v) is 3.66. The van der Waals surface area contributed by atoms with E-state index >= 15 is 0 Å². The van der Waals surface area contributed by atoms with Gasteiger partial charge in [-0.25, -0.2) is 9.18 Å². The van der Waals surface area contributed by atoms with Crippen LogP contribution in [-0.2, 0) is 6.42 Å². The Kier molecular flexibility index (Phi) is 2.60. The number of aryl methyl sites for hydroxylation is 1. The number of aromatic carboxylic acids is 1. The molecule has 2 nitrogen and oxygen atoms in total. The van der Waals surface area contributed by atoms with Crippen molar-refractivity contribution in [1.29, 1.82) is 0 Å². The molecule has 2 aromatic rings. The first-order valence-corrected chi connectivity index (χ1v) is 5.07. The summed E-state index contributed by atoms with van der Waals surface area (Å²) in [6.45, 7) is 1.92. The summed E-state index contributed by atoms with van der Waals surface area (Å²) in [4.78, 5) is 10.9. The van der Waals surface area contributed by atoms with Gasteiger partial charge in [0.2, 0.25) is 0 Å². The summed E-state index contributed by atoms with van der Waals surface area (Å²) in [7, 11) is 0. The van der Waals surface area contributed by atoms with Gasteiger partial charge in [-0.15, -0.1) is 0 Å². The van der Waals surface area contributed by atoms with E-state index < -0.39 is 5.97 Å². The van der Waals surface area contributed by atoms with E-state index in [4.69, 9.17) is 5.11 Å². The number of hydrogen-bond donors (Lipinski definition) is 1. The van der Waals surface area contributed by atoms with E-state index in [2.05, 4.69) is 0 Å². The number of halogens is 1. The molecule has 3 heteroatoms. The second-order valence-electron chi connectivity index (χ2n) is 3.66. The molecule has 0 bridgehead atoms. The average molecular weight is 218 g/mol. The summed E-state index contributed by atoms with van der Waals surface area (Å²) in [5, 5.41) is 10.5. The lowest BCUT2D eigenvalue weighted by Gasteiger charge is -2.06. The summed E-state index contributed by atoms with van der Waals surface area (Å²) in [6, 6.07) is 7.56. The van der Waals surface area contributed by atoms with Crippen molar-refractivity contribution in [3.63, 3.8) is 0 Å². The fourth-order valence-electron chi connectivity index (χ4n) is 1.82. The molecule has 0 aliphatic rings. The molecule has 0 aromatic heterocycles. The van der Waals surface area contributed by atoms with Gasteiger partial charge in [0.15, 0.2) is 0 Å². The zero-order chi connectivity index (χ0) is 11.7. The Bertz CT molecular complexity index is 561. The molecule has 0 radical (unpaired) electrons. The zero-order valence-electron chi connectivity index (χ0n) is 8.83. The van der Waals surface area contributed by atoms with Gasteiger partial charge in [-0.2, -0.15) is 0 Å². The number of carbonyl (C=O) groups is 1. The molecule has 82 valence electrons. The summed E-state index contributed by atoms with van der Waals surface area (Å²) >= 11 is 0. The minimum Gasteiger partial charge on any atom is -0.478 e. The van der Waals surface area contributed by atoms with E-state index in [1.807, 2.05) is 6.92 Å². The van der Waals surface area contributed by atoms with Crippen LogP contribution in [-0.4, -0.2) is 11.1 Å². The predicted molar refractivity (Wildman–Crippen MR) is 60.2 cm³/mol. The lowest BCUT2D eigenvalue weighted by molar-refractivity contribution is 0.0697. The van der Waals surface area contributed by atoms with Gasteiger partial charge in [0, 0.05) is 0 Å². The molecule has 0 saturated carbocycles. The number of fused-ring (bicyclic) bond motifs is 1. The lowest BCUT2D eigenvalue weighted by atomic mass is 9.99. The molecule has 0 aliphatic heterocycles. The monoisotopic (exact) mass is 218 g/mol. The maximum Gasteiger partial charge on any atom is 0.335 e. The van der Waals surface area contributed by atoms with Crippen LogP contribution in [0, 0.1) is 5.82 Å². The summed E-state index contributed by atoms with van der Waals surface area (Å²) in [6.07, 6.45) is 0.682. The second kappa shape index (κ2) is 3.93. The van der Waals surface area contributed by atoms with Gasteiger partial charge in [-0.05, 0) is 47.0 Å². The molecule has 16 heavy (non-hydrogen) atoms. The Balaban J connectivity index is 2.78. The zero-order valence-corrected chi connectivity index (χ0v) is 8.83. The van der Waals surface area contributed by atoms with Gasteiger partial charge in [0.25, 0.3) is 0 Å². The highest BCUT2D eigenvalue weighted by molar-refractivity contribution is 5.96. The fourth-order valence-corrected chi connectivity index (χ4v) is 1.82. The summed E-state index contributed by atoms with van der Waals surface area (Å²) in [5.74, 6) is -1.26. The van der Waals surface area contributed by atoms with Crippen LogP contribution >= 0.6 is 0 Å². The molecule has 0 atom stereocenters. The molecule has 0 unspecified atom stereocenters. The van der Waals surface area contributed by atoms with E-state index in [0.29, 0.717) is 6.42 Å². The number of benzene rings is 2. The van der Waals surface area contributed by atoms with Crippen molar-refractivity contribution in [2.24, 2.45) is 0 Å². The van der Waals surface area contributed by atoms with Crippen LogP contribution in [0.2, 0.25) is 0 Å². The van der Waals surface area contributed by atoms with Crippen LogP contribution in [0.5, 0.6) is 0 Å². The van der Waals surface area contributed by atoms with Gasteiger partial charge in [0.1, 0.15) is 5.82 Å². The maximum absolute atomic E-state index is 13.1. The number of hydrogen-bond acceptors (Lipinski definition) is 1. The highest BCUT2D eigenvalue weighted by Crippen LogP contribution is 2.23. The molecule has 0 spiro atoms. The first-order chi connectivity index (χ1) is 7.61. The largest absolute Gasteiger partial charge is 0.478 e. The smallest absolute Gasteiger partial charge is 0.335 e. The molecule has 0 aliphatic carbocycles. The average Bonchev–Trinajstić information content (AvgIpc) is 2.27. The van der Waals surface area contributed by atoms with E-state index in [9.17, 15) is 9.18 Å². The summed E-state index contributed by atoms with van der Waals surface area (Å²) < 4.78 is 13.1. The molecule has 0 fully saturated rings. The summed E-state index contributed by atoms with van der Waals surface area (Å²) in [5.41, 5.74) is 1.10. The van der Waals surface area contributed by atoms with Crippen molar-refractivity contribution in [2.45, 2.75) is 13.3 Å². The van der Waals surface area contributed by atoms with Crippen molar-refractivity contribution in [3.8, 4) is 0 Å². The third-order valence-electron chi connectivity index (χ3n) is 2.63. The van der Waals surface area contributed by atoms with Crippen molar-refractivity contribution < 1.29 is 14.3 Å². The van der Waals surface area contributed by atoms with E-state index in [1.165, 1.54) is 12.1 Å². The lowest BCUT2D eigenvalue weighted by Crippen LogP contribution is -1.98. The highest BCUT2D eigenvalue weighted by atomic mass is 19.1. The predicted octanol–water partition coefficient (Wildman–Crippen LogP) is 3.24. The third kappa shape index (κ3) is 1.76. The van der Waals surface area contributed by atoms with Gasteiger partial charge in [-0.3, -0.25) is 0 Å². The Labute approximate surface area is 92.3 Å². The first-order valence-electron chi connectivity index (χ1n) is 5.07. The SMILES string of the molecule is CCc1cc(C(=O)O)cc2ccc(F)cc12. The third-order valence-corrected chi connectivity index (χ3v) is 2.63. The Morgan fingerprint density at radius 2 is 2.06 bits per heavy atom. The minimum atomic E-state index is -0.957. The molecular weight excluding hydrogens is 207 g/mol. The van der Waals surface area contributed by atoms with Crippen molar-refractivity contribution in [3.05, 3.63) is 47.3 Å². The number of carboxylic acid groups (broad SMARTS) is 1. The van der Waals surface area contributed by atoms with Crippen LogP contribution in [0.15, 0.2) is 30.3 Å². The molecule has 0 saturated heterocycles. The molecule has 0 heterocycles. The normalized spacial score (nSPS) is 10.6. The first kappa shape index (κ1) is 10.6. The molecule has 2 rings (SSSR count). The van der Waals surface area contributed by atoms with Gasteiger partial charge >= 0.3 is 5.97 Å². The minimum absolute atomic E-state index is 0.246. The molecule has 2 aromatic carbocycles. The number of carboxylic acids is 1.